The first-order valence-electron chi connectivity index (χ1n) is 5.76. The second kappa shape index (κ2) is 5.14. The van der Waals surface area contributed by atoms with E-state index in [0.29, 0.717) is 13.1 Å². The van der Waals surface area contributed by atoms with Gasteiger partial charge >= 0.3 is 5.97 Å². The highest BCUT2D eigenvalue weighted by atomic mass is 16.4. The second-order valence-corrected chi connectivity index (χ2v) is 4.36. The molecule has 6 nitrogen and oxygen atoms in total. The summed E-state index contributed by atoms with van der Waals surface area (Å²) in [6, 6.07) is 0.813. The number of carboxylic acids is 1. The second-order valence-electron chi connectivity index (χ2n) is 4.36. The summed E-state index contributed by atoms with van der Waals surface area (Å²) in [7, 11) is 0. The molecule has 96 valence electrons. The molecule has 1 aliphatic rings. The molecule has 0 bridgehead atoms. The average Bonchev–Trinajstić information content (AvgIpc) is 2.37. The molecule has 0 saturated carbocycles. The van der Waals surface area contributed by atoms with Gasteiger partial charge in [0.05, 0.1) is 6.42 Å². The fourth-order valence-corrected chi connectivity index (χ4v) is 2.00. The Morgan fingerprint density at radius 1 is 1.50 bits per heavy atom. The van der Waals surface area contributed by atoms with Gasteiger partial charge in [-0.3, -0.25) is 14.6 Å². The first kappa shape index (κ1) is 12.5. The molecule has 1 aliphatic heterocycles. The number of nitrogens with zero attached hydrogens (tertiary/aromatic N) is 2. The number of carbonyl (C=O) groups is 2. The number of carbonyl (C=O) groups excluding carboxylic acids is 1. The molecule has 1 unspecified atom stereocenters. The zero-order chi connectivity index (χ0) is 13.1. The Kier molecular flexibility index (Phi) is 3.57. The van der Waals surface area contributed by atoms with E-state index in [1.807, 2.05) is 6.07 Å². The Balaban J connectivity index is 2.00. The maximum Gasteiger partial charge on any atom is 0.321 e. The van der Waals surface area contributed by atoms with Crippen LogP contribution in [-0.2, 0) is 22.6 Å². The summed E-state index contributed by atoms with van der Waals surface area (Å²) < 4.78 is 0. The van der Waals surface area contributed by atoms with E-state index < -0.39 is 12.0 Å². The molecule has 0 aromatic carbocycles. The lowest BCUT2D eigenvalue weighted by Gasteiger charge is -2.29. The fraction of sp³-hybridized carbons (Fsp3) is 0.417. The van der Waals surface area contributed by atoms with E-state index in [0.717, 1.165) is 12.0 Å². The van der Waals surface area contributed by atoms with Crippen molar-refractivity contribution in [2.75, 3.05) is 6.54 Å². The molecule has 0 saturated heterocycles. The summed E-state index contributed by atoms with van der Waals surface area (Å²) >= 11 is 0. The summed E-state index contributed by atoms with van der Waals surface area (Å²) in [6.45, 7) is 1.08. The van der Waals surface area contributed by atoms with Gasteiger partial charge in [-0.05, 0) is 23.6 Å². The van der Waals surface area contributed by atoms with E-state index in [4.69, 9.17) is 10.8 Å². The standard InChI is InChI=1S/C12H15N3O3/c13-10(12(17)18)5-11(16)15-4-2-8-1-3-14-6-9(8)7-15/h1,3,6,10H,2,4-5,7,13H2,(H,17,18). The number of aliphatic carboxylic acids is 1. The van der Waals surface area contributed by atoms with Gasteiger partial charge in [-0.2, -0.15) is 0 Å². The number of aromatic nitrogens is 1. The minimum atomic E-state index is -1.15. The summed E-state index contributed by atoms with van der Waals surface area (Å²) in [5.41, 5.74) is 7.57. The first-order chi connectivity index (χ1) is 8.58. The van der Waals surface area contributed by atoms with Gasteiger partial charge in [0.2, 0.25) is 5.91 Å². The van der Waals surface area contributed by atoms with Crippen molar-refractivity contribution in [3.63, 3.8) is 0 Å². The maximum atomic E-state index is 11.9. The lowest BCUT2D eigenvalue weighted by atomic mass is 10.0. The number of carboxylic acid groups (broad SMARTS) is 1. The largest absolute Gasteiger partial charge is 0.480 e. The van der Waals surface area contributed by atoms with Gasteiger partial charge in [0.15, 0.2) is 0 Å². The average molecular weight is 249 g/mol. The minimum absolute atomic E-state index is 0.162. The SMILES string of the molecule is NC(CC(=O)N1CCc2ccncc2C1)C(=O)O. The molecule has 1 aromatic heterocycles. The van der Waals surface area contributed by atoms with Crippen LogP contribution < -0.4 is 5.73 Å². The van der Waals surface area contributed by atoms with Gasteiger partial charge in [-0.15, -0.1) is 0 Å². The van der Waals surface area contributed by atoms with Crippen molar-refractivity contribution in [3.05, 3.63) is 29.6 Å². The molecule has 1 amide bonds. The summed E-state index contributed by atoms with van der Waals surface area (Å²) in [5.74, 6) is -1.37. The van der Waals surface area contributed by atoms with Gasteiger partial charge in [-0.25, -0.2) is 0 Å². The molecule has 2 heterocycles. The highest BCUT2D eigenvalue weighted by Gasteiger charge is 2.24. The van der Waals surface area contributed by atoms with E-state index in [1.54, 1.807) is 17.3 Å². The third-order valence-corrected chi connectivity index (χ3v) is 3.08. The van der Waals surface area contributed by atoms with E-state index in [9.17, 15) is 9.59 Å². The van der Waals surface area contributed by atoms with E-state index in [-0.39, 0.29) is 12.3 Å². The van der Waals surface area contributed by atoms with Crippen LogP contribution in [0.4, 0.5) is 0 Å². The van der Waals surface area contributed by atoms with Crippen molar-refractivity contribution in [1.82, 2.24) is 9.88 Å². The zero-order valence-corrected chi connectivity index (χ0v) is 9.87. The van der Waals surface area contributed by atoms with Crippen LogP contribution in [0.5, 0.6) is 0 Å². The number of amides is 1. The summed E-state index contributed by atoms with van der Waals surface area (Å²) in [6.07, 6.45) is 4.08. The quantitative estimate of drug-likeness (QED) is 0.771. The predicted octanol–water partition coefficient (Wildman–Crippen LogP) is -0.232. The van der Waals surface area contributed by atoms with Gasteiger partial charge < -0.3 is 15.7 Å². The zero-order valence-electron chi connectivity index (χ0n) is 9.87. The molecule has 0 aliphatic carbocycles. The van der Waals surface area contributed by atoms with Crippen molar-refractivity contribution in [2.24, 2.45) is 5.73 Å². The predicted molar refractivity (Wildman–Crippen MR) is 63.6 cm³/mol. The Morgan fingerprint density at radius 3 is 3.00 bits per heavy atom. The number of rotatable bonds is 3. The van der Waals surface area contributed by atoms with E-state index >= 15 is 0 Å². The van der Waals surface area contributed by atoms with Gasteiger partial charge in [-0.1, -0.05) is 0 Å². The lowest BCUT2D eigenvalue weighted by molar-refractivity contribution is -0.142. The van der Waals surface area contributed by atoms with Crippen LogP contribution >= 0.6 is 0 Å². The van der Waals surface area contributed by atoms with Crippen LogP contribution in [0.3, 0.4) is 0 Å². The van der Waals surface area contributed by atoms with Crippen LogP contribution in [0, 0.1) is 0 Å². The molecule has 0 radical (unpaired) electrons. The first-order valence-corrected chi connectivity index (χ1v) is 5.76. The number of fused-ring (bicyclic) bond motifs is 1. The topological polar surface area (TPSA) is 96.5 Å². The molecular formula is C12H15N3O3. The van der Waals surface area contributed by atoms with Gasteiger partial charge in [0.25, 0.3) is 0 Å². The molecule has 18 heavy (non-hydrogen) atoms. The monoisotopic (exact) mass is 249 g/mol. The fourth-order valence-electron chi connectivity index (χ4n) is 2.00. The Labute approximate surface area is 104 Å². The number of hydrogen-bond acceptors (Lipinski definition) is 4. The number of nitrogens with two attached hydrogens (primary N) is 1. The number of hydrogen-bond donors (Lipinski definition) is 2. The van der Waals surface area contributed by atoms with Gasteiger partial charge in [0.1, 0.15) is 6.04 Å². The van der Waals surface area contributed by atoms with Crippen LogP contribution in [-0.4, -0.2) is 39.5 Å². The van der Waals surface area contributed by atoms with E-state index in [2.05, 4.69) is 4.98 Å². The maximum absolute atomic E-state index is 11.9. The molecule has 0 spiro atoms. The molecule has 2 rings (SSSR count). The minimum Gasteiger partial charge on any atom is -0.480 e. The summed E-state index contributed by atoms with van der Waals surface area (Å²) in [5, 5.41) is 8.68. The molecule has 3 N–H and O–H groups in total. The van der Waals surface area contributed by atoms with Crippen molar-refractivity contribution < 1.29 is 14.7 Å². The van der Waals surface area contributed by atoms with E-state index in [1.165, 1.54) is 5.56 Å². The molecule has 1 aromatic rings. The van der Waals surface area contributed by atoms with Crippen LogP contribution in [0.25, 0.3) is 0 Å². The Morgan fingerprint density at radius 2 is 2.28 bits per heavy atom. The van der Waals surface area contributed by atoms with Crippen molar-refractivity contribution in [1.29, 1.82) is 0 Å². The van der Waals surface area contributed by atoms with Crippen LogP contribution in [0.15, 0.2) is 18.5 Å². The number of pyridine rings is 1. The van der Waals surface area contributed by atoms with Gasteiger partial charge in [0, 0.05) is 25.5 Å². The van der Waals surface area contributed by atoms with Crippen molar-refractivity contribution in [3.8, 4) is 0 Å². The summed E-state index contributed by atoms with van der Waals surface area (Å²) in [4.78, 5) is 28.2. The smallest absolute Gasteiger partial charge is 0.321 e. The molecule has 1 atom stereocenters. The highest BCUT2D eigenvalue weighted by Crippen LogP contribution is 2.18. The normalized spacial score (nSPS) is 15.9. The highest BCUT2D eigenvalue weighted by molar-refractivity contribution is 5.84. The Bertz CT molecular complexity index is 475. The molecule has 0 fully saturated rings. The van der Waals surface area contributed by atoms with Crippen molar-refractivity contribution >= 4 is 11.9 Å². The Hall–Kier alpha value is -1.95. The lowest BCUT2D eigenvalue weighted by Crippen LogP contribution is -2.41. The third-order valence-electron chi connectivity index (χ3n) is 3.08. The van der Waals surface area contributed by atoms with Crippen LogP contribution in [0.2, 0.25) is 0 Å². The van der Waals surface area contributed by atoms with Crippen LogP contribution in [0.1, 0.15) is 17.5 Å². The van der Waals surface area contributed by atoms with Crippen molar-refractivity contribution in [2.45, 2.75) is 25.4 Å². The molecule has 6 heteroatoms. The molecular weight excluding hydrogens is 234 g/mol. The third kappa shape index (κ3) is 2.65.